The van der Waals surface area contributed by atoms with Crippen LogP contribution in [0, 0.1) is 12.8 Å². The summed E-state index contributed by atoms with van der Waals surface area (Å²) in [5, 5.41) is 0. The summed E-state index contributed by atoms with van der Waals surface area (Å²) in [6.45, 7) is 6.39. The van der Waals surface area contributed by atoms with Gasteiger partial charge in [0.1, 0.15) is 17.3 Å². The number of fused-ring (bicyclic) bond motifs is 1. The first-order valence-corrected chi connectivity index (χ1v) is 7.01. The summed E-state index contributed by atoms with van der Waals surface area (Å²) < 4.78 is 13.3. The maximum Gasteiger partial charge on any atom is 0.122 e. The lowest BCUT2D eigenvalue weighted by Crippen LogP contribution is -2.29. The summed E-state index contributed by atoms with van der Waals surface area (Å²) in [4.78, 5) is 6.84. The number of hydrogen-bond donors (Lipinski definition) is 0. The summed E-state index contributed by atoms with van der Waals surface area (Å²) in [7, 11) is 1.76. The first-order chi connectivity index (χ1) is 9.74. The Morgan fingerprint density at radius 2 is 2.30 bits per heavy atom. The van der Waals surface area contributed by atoms with Gasteiger partial charge >= 0.3 is 0 Å². The van der Waals surface area contributed by atoms with Crippen LogP contribution in [0.5, 0.6) is 0 Å². The number of imidazole rings is 1. The fourth-order valence-corrected chi connectivity index (χ4v) is 2.88. The van der Waals surface area contributed by atoms with Gasteiger partial charge in [-0.15, -0.1) is 0 Å². The molecule has 2 aromatic rings. The van der Waals surface area contributed by atoms with Crippen molar-refractivity contribution < 1.29 is 9.15 Å². The van der Waals surface area contributed by atoms with Crippen molar-refractivity contribution in [1.82, 2.24) is 14.5 Å². The Hall–Kier alpha value is -1.59. The molecule has 0 amide bonds. The van der Waals surface area contributed by atoms with Crippen molar-refractivity contribution >= 4 is 0 Å². The molecule has 1 aliphatic heterocycles. The minimum Gasteiger partial charge on any atom is -0.465 e. The summed E-state index contributed by atoms with van der Waals surface area (Å²) in [6.07, 6.45) is 3.93. The maximum atomic E-state index is 5.69. The number of hydrogen-bond acceptors (Lipinski definition) is 4. The molecule has 5 nitrogen and oxygen atoms in total. The third-order valence-corrected chi connectivity index (χ3v) is 3.72. The minimum absolute atomic E-state index is 0.478. The molecular formula is C15H21N3O2. The lowest BCUT2D eigenvalue weighted by Gasteiger charge is -2.22. The van der Waals surface area contributed by atoms with E-state index < -0.39 is 0 Å². The lowest BCUT2D eigenvalue weighted by molar-refractivity contribution is 0.112. The number of furan rings is 1. The molecule has 1 atom stereocenters. The van der Waals surface area contributed by atoms with E-state index in [2.05, 4.69) is 26.7 Å². The molecule has 0 aromatic carbocycles. The van der Waals surface area contributed by atoms with Gasteiger partial charge < -0.3 is 13.7 Å². The molecule has 5 heteroatoms. The highest BCUT2D eigenvalue weighted by atomic mass is 16.5. The molecule has 2 aromatic heterocycles. The number of nitrogens with zero attached hydrogens (tertiary/aromatic N) is 3. The molecular weight excluding hydrogens is 254 g/mol. The minimum atomic E-state index is 0.478. The molecule has 3 heterocycles. The molecule has 0 bridgehead atoms. The van der Waals surface area contributed by atoms with Crippen LogP contribution < -0.4 is 0 Å². The third-order valence-electron chi connectivity index (χ3n) is 3.72. The van der Waals surface area contributed by atoms with E-state index in [4.69, 9.17) is 9.15 Å². The number of methoxy groups -OCH3 is 1. The monoisotopic (exact) mass is 275 g/mol. The second-order valence-corrected chi connectivity index (χ2v) is 5.50. The van der Waals surface area contributed by atoms with Crippen LogP contribution in [0.3, 0.4) is 0 Å². The van der Waals surface area contributed by atoms with Crippen molar-refractivity contribution in [2.24, 2.45) is 5.92 Å². The lowest BCUT2D eigenvalue weighted by atomic mass is 10.1. The van der Waals surface area contributed by atoms with Crippen molar-refractivity contribution in [3.05, 3.63) is 41.9 Å². The van der Waals surface area contributed by atoms with E-state index in [-0.39, 0.29) is 0 Å². The zero-order chi connectivity index (χ0) is 13.9. The molecule has 0 spiro atoms. The fourth-order valence-electron chi connectivity index (χ4n) is 2.88. The molecule has 0 unspecified atom stereocenters. The van der Waals surface area contributed by atoms with Gasteiger partial charge in [0.15, 0.2) is 0 Å². The normalized spacial score (nSPS) is 19.8. The SMILES string of the molecule is COC[C@H]1CN(Cc2ccc(C)o2)Cc2nccn2C1. The molecule has 0 aliphatic carbocycles. The van der Waals surface area contributed by atoms with E-state index in [1.54, 1.807) is 7.11 Å². The second kappa shape index (κ2) is 5.81. The van der Waals surface area contributed by atoms with E-state index in [0.717, 1.165) is 50.1 Å². The highest BCUT2D eigenvalue weighted by Crippen LogP contribution is 2.19. The zero-order valence-corrected chi connectivity index (χ0v) is 12.1. The molecule has 0 radical (unpaired) electrons. The predicted molar refractivity (Wildman–Crippen MR) is 75.2 cm³/mol. The van der Waals surface area contributed by atoms with E-state index >= 15 is 0 Å². The summed E-state index contributed by atoms with van der Waals surface area (Å²) >= 11 is 0. The van der Waals surface area contributed by atoms with Gasteiger partial charge in [-0.3, -0.25) is 4.90 Å². The molecule has 1 aliphatic rings. The molecule has 108 valence electrons. The quantitative estimate of drug-likeness (QED) is 0.856. The number of rotatable bonds is 4. The Morgan fingerprint density at radius 1 is 1.40 bits per heavy atom. The van der Waals surface area contributed by atoms with Gasteiger partial charge in [-0.1, -0.05) is 0 Å². The Morgan fingerprint density at radius 3 is 3.05 bits per heavy atom. The van der Waals surface area contributed by atoms with Gasteiger partial charge in [-0.2, -0.15) is 0 Å². The first kappa shape index (κ1) is 13.4. The van der Waals surface area contributed by atoms with Gasteiger partial charge in [-0.05, 0) is 19.1 Å². The molecule has 0 fully saturated rings. The van der Waals surface area contributed by atoms with Crippen LogP contribution in [0.4, 0.5) is 0 Å². The van der Waals surface area contributed by atoms with Crippen molar-refractivity contribution in [1.29, 1.82) is 0 Å². The van der Waals surface area contributed by atoms with E-state index in [1.165, 1.54) is 0 Å². The van der Waals surface area contributed by atoms with Crippen LogP contribution in [-0.4, -0.2) is 34.7 Å². The maximum absolute atomic E-state index is 5.69. The highest BCUT2D eigenvalue weighted by molar-refractivity contribution is 5.06. The van der Waals surface area contributed by atoms with Gasteiger partial charge in [0, 0.05) is 38.5 Å². The average molecular weight is 275 g/mol. The molecule has 0 N–H and O–H groups in total. The molecule has 0 saturated heterocycles. The van der Waals surface area contributed by atoms with Gasteiger partial charge in [0.05, 0.1) is 19.7 Å². The Balaban J connectivity index is 1.76. The topological polar surface area (TPSA) is 43.4 Å². The summed E-state index contributed by atoms with van der Waals surface area (Å²) in [5.74, 6) is 3.57. The average Bonchev–Trinajstić information content (AvgIpc) is 2.96. The van der Waals surface area contributed by atoms with Crippen LogP contribution in [0.2, 0.25) is 0 Å². The van der Waals surface area contributed by atoms with E-state index in [0.29, 0.717) is 5.92 Å². The van der Waals surface area contributed by atoms with Crippen molar-refractivity contribution in [2.45, 2.75) is 26.6 Å². The van der Waals surface area contributed by atoms with E-state index in [1.807, 2.05) is 19.2 Å². The number of aryl methyl sites for hydroxylation is 1. The molecule has 3 rings (SSSR count). The van der Waals surface area contributed by atoms with E-state index in [9.17, 15) is 0 Å². The zero-order valence-electron chi connectivity index (χ0n) is 12.1. The standard InChI is InChI=1S/C15H21N3O2/c1-12-3-4-14(20-12)9-17-7-13(11-19-2)8-18-6-5-16-15(18)10-17/h3-6,13H,7-11H2,1-2H3/t13-/m0/s1. The Kier molecular flexibility index (Phi) is 3.89. The number of ether oxygens (including phenoxy) is 1. The Bertz CT molecular complexity index is 561. The molecule has 0 saturated carbocycles. The van der Waals surface area contributed by atoms with Crippen LogP contribution in [0.25, 0.3) is 0 Å². The van der Waals surface area contributed by atoms with Crippen LogP contribution in [-0.2, 0) is 24.4 Å². The van der Waals surface area contributed by atoms with Crippen molar-refractivity contribution in [3.63, 3.8) is 0 Å². The summed E-state index contributed by atoms with van der Waals surface area (Å²) in [5.41, 5.74) is 0. The summed E-state index contributed by atoms with van der Waals surface area (Å²) in [6, 6.07) is 4.07. The van der Waals surface area contributed by atoms with Gasteiger partial charge in [0.25, 0.3) is 0 Å². The van der Waals surface area contributed by atoms with Crippen LogP contribution in [0.1, 0.15) is 17.3 Å². The third kappa shape index (κ3) is 2.94. The van der Waals surface area contributed by atoms with Crippen LogP contribution in [0.15, 0.2) is 28.9 Å². The fraction of sp³-hybridized carbons (Fsp3) is 0.533. The smallest absolute Gasteiger partial charge is 0.122 e. The van der Waals surface area contributed by atoms with Crippen molar-refractivity contribution in [3.8, 4) is 0 Å². The highest BCUT2D eigenvalue weighted by Gasteiger charge is 2.23. The van der Waals surface area contributed by atoms with Crippen LogP contribution >= 0.6 is 0 Å². The van der Waals surface area contributed by atoms with Crippen molar-refractivity contribution in [2.75, 3.05) is 20.3 Å². The second-order valence-electron chi connectivity index (χ2n) is 5.50. The van der Waals surface area contributed by atoms with Gasteiger partial charge in [0.2, 0.25) is 0 Å². The number of aromatic nitrogens is 2. The predicted octanol–water partition coefficient (Wildman–Crippen LogP) is 2.06. The Labute approximate surface area is 119 Å². The largest absolute Gasteiger partial charge is 0.465 e. The van der Waals surface area contributed by atoms with Gasteiger partial charge in [-0.25, -0.2) is 4.98 Å². The molecule has 20 heavy (non-hydrogen) atoms. The first-order valence-electron chi connectivity index (χ1n) is 7.01.